The minimum Gasteiger partial charge on any atom is -0.314 e. The van der Waals surface area contributed by atoms with Gasteiger partial charge >= 0.3 is 6.18 Å². The van der Waals surface area contributed by atoms with Crippen molar-refractivity contribution >= 4 is 28.1 Å². The lowest BCUT2D eigenvalue weighted by atomic mass is 10.2. The molecule has 1 aromatic carbocycles. The third-order valence-electron chi connectivity index (χ3n) is 3.51. The fourth-order valence-electron chi connectivity index (χ4n) is 2.38. The van der Waals surface area contributed by atoms with Crippen molar-refractivity contribution in [1.82, 2.24) is 9.62 Å². The minimum absolute atomic E-state index is 0. The Labute approximate surface area is 142 Å². The van der Waals surface area contributed by atoms with Gasteiger partial charge < -0.3 is 5.32 Å². The Hall–Kier alpha value is -1.43. The lowest BCUT2D eigenvalue weighted by molar-refractivity contribution is -0.385. The van der Waals surface area contributed by atoms with Gasteiger partial charge in [0.05, 0.1) is 15.4 Å². The normalized spacial score (nSPS) is 19.6. The molecule has 0 amide bonds. The van der Waals surface area contributed by atoms with Gasteiger partial charge in [0.15, 0.2) is 0 Å². The summed E-state index contributed by atoms with van der Waals surface area (Å²) in [5.41, 5.74) is -2.35. The van der Waals surface area contributed by atoms with Crippen LogP contribution in [-0.2, 0) is 16.2 Å². The number of piperazine rings is 1. The summed E-state index contributed by atoms with van der Waals surface area (Å²) >= 11 is 0. The van der Waals surface area contributed by atoms with Gasteiger partial charge in [-0.15, -0.1) is 12.4 Å². The highest BCUT2D eigenvalue weighted by Crippen LogP contribution is 2.37. The van der Waals surface area contributed by atoms with Crippen LogP contribution < -0.4 is 5.32 Å². The van der Waals surface area contributed by atoms with Crippen LogP contribution in [0.3, 0.4) is 0 Å². The van der Waals surface area contributed by atoms with Gasteiger partial charge in [-0.3, -0.25) is 10.1 Å². The predicted molar refractivity (Wildman–Crippen MR) is 81.6 cm³/mol. The zero-order valence-corrected chi connectivity index (χ0v) is 14.0. The van der Waals surface area contributed by atoms with E-state index >= 15 is 0 Å². The molecule has 7 nitrogen and oxygen atoms in total. The smallest absolute Gasteiger partial charge is 0.314 e. The molecular weight excluding hydrogens is 375 g/mol. The number of nitrogens with one attached hydrogen (secondary N) is 1. The number of sulfonamides is 1. The standard InChI is InChI=1S/C12H14F3N3O4S.ClH/c1-8-7-16-4-5-17(8)23(21,22)11-3-2-9(18(19)20)6-10(11)12(13,14)15;/h2-3,6,8,16H,4-5,7H2,1H3;1H. The third kappa shape index (κ3) is 3.97. The van der Waals surface area contributed by atoms with Crippen LogP contribution >= 0.6 is 12.4 Å². The molecule has 1 atom stereocenters. The quantitative estimate of drug-likeness (QED) is 0.630. The van der Waals surface area contributed by atoms with E-state index in [1.54, 1.807) is 6.92 Å². The molecule has 1 saturated heterocycles. The molecule has 0 spiro atoms. The largest absolute Gasteiger partial charge is 0.417 e. The Morgan fingerprint density at radius 2 is 2.00 bits per heavy atom. The number of non-ortho nitro benzene ring substituents is 1. The van der Waals surface area contributed by atoms with Crippen molar-refractivity contribution < 1.29 is 26.5 Å². The van der Waals surface area contributed by atoms with Gasteiger partial charge in [0.1, 0.15) is 0 Å². The van der Waals surface area contributed by atoms with E-state index in [2.05, 4.69) is 5.32 Å². The van der Waals surface area contributed by atoms with Crippen molar-refractivity contribution in [2.24, 2.45) is 0 Å². The van der Waals surface area contributed by atoms with Gasteiger partial charge in [-0.2, -0.15) is 17.5 Å². The molecule has 2 rings (SSSR count). The van der Waals surface area contributed by atoms with Gasteiger partial charge in [0, 0.05) is 37.8 Å². The molecule has 0 aromatic heterocycles. The summed E-state index contributed by atoms with van der Waals surface area (Å²) in [6.07, 6.45) is -5.02. The van der Waals surface area contributed by atoms with Crippen LogP contribution in [0.15, 0.2) is 23.1 Å². The summed E-state index contributed by atoms with van der Waals surface area (Å²) in [4.78, 5) is 8.70. The first kappa shape index (κ1) is 20.6. The number of nitro benzene ring substituents is 1. The fourth-order valence-corrected chi connectivity index (χ4v) is 4.21. The molecule has 0 aliphatic carbocycles. The van der Waals surface area contributed by atoms with Gasteiger partial charge in [0.25, 0.3) is 5.69 Å². The average Bonchev–Trinajstić information content (AvgIpc) is 2.46. The predicted octanol–water partition coefficient (Wildman–Crippen LogP) is 2.02. The van der Waals surface area contributed by atoms with Gasteiger partial charge in [-0.05, 0) is 13.0 Å². The molecule has 1 fully saturated rings. The van der Waals surface area contributed by atoms with Crippen LogP contribution in [0.4, 0.5) is 18.9 Å². The Morgan fingerprint density at radius 3 is 2.50 bits per heavy atom. The Balaban J connectivity index is 0.00000288. The van der Waals surface area contributed by atoms with E-state index < -0.39 is 43.3 Å². The summed E-state index contributed by atoms with van der Waals surface area (Å²) in [5.74, 6) is 0. The van der Waals surface area contributed by atoms with Crippen molar-refractivity contribution in [3.63, 3.8) is 0 Å². The first-order valence-corrected chi connectivity index (χ1v) is 8.07. The van der Waals surface area contributed by atoms with Crippen LogP contribution in [0.1, 0.15) is 12.5 Å². The van der Waals surface area contributed by atoms with E-state index in [1.807, 2.05) is 0 Å². The molecular formula is C12H15ClF3N3O4S. The SMILES string of the molecule is CC1CNCCN1S(=O)(=O)c1ccc([N+](=O)[O-])cc1C(F)(F)F.Cl. The molecule has 0 bridgehead atoms. The molecule has 1 heterocycles. The summed E-state index contributed by atoms with van der Waals surface area (Å²) in [7, 11) is -4.42. The Bertz CT molecular complexity index is 727. The first-order valence-electron chi connectivity index (χ1n) is 6.63. The Morgan fingerprint density at radius 1 is 1.38 bits per heavy atom. The number of alkyl halides is 3. The van der Waals surface area contributed by atoms with Crippen LogP contribution in [-0.4, -0.2) is 43.3 Å². The molecule has 1 unspecified atom stereocenters. The lowest BCUT2D eigenvalue weighted by Gasteiger charge is -2.33. The molecule has 1 aliphatic rings. The van der Waals surface area contributed by atoms with Crippen molar-refractivity contribution in [3.8, 4) is 0 Å². The summed E-state index contributed by atoms with van der Waals surface area (Å²) < 4.78 is 65.6. The molecule has 1 aliphatic heterocycles. The molecule has 136 valence electrons. The number of rotatable bonds is 3. The topological polar surface area (TPSA) is 92.6 Å². The van der Waals surface area contributed by atoms with Crippen molar-refractivity contribution in [1.29, 1.82) is 0 Å². The molecule has 0 saturated carbocycles. The molecule has 1 N–H and O–H groups in total. The Kier molecular flexibility index (Phi) is 6.20. The number of benzene rings is 1. The maximum Gasteiger partial charge on any atom is 0.417 e. The van der Waals surface area contributed by atoms with Crippen molar-refractivity contribution in [2.45, 2.75) is 24.0 Å². The average molecular weight is 390 g/mol. The zero-order valence-electron chi connectivity index (χ0n) is 12.4. The number of nitrogens with zero attached hydrogens (tertiary/aromatic N) is 2. The van der Waals surface area contributed by atoms with E-state index in [0.717, 1.165) is 10.4 Å². The van der Waals surface area contributed by atoms with Gasteiger partial charge in [-0.25, -0.2) is 8.42 Å². The van der Waals surface area contributed by atoms with Crippen LogP contribution in [0.2, 0.25) is 0 Å². The van der Waals surface area contributed by atoms with Crippen molar-refractivity contribution in [2.75, 3.05) is 19.6 Å². The van der Waals surface area contributed by atoms with Crippen LogP contribution in [0.5, 0.6) is 0 Å². The lowest BCUT2D eigenvalue weighted by Crippen LogP contribution is -2.52. The molecule has 0 radical (unpaired) electrons. The second-order valence-corrected chi connectivity index (χ2v) is 6.96. The number of hydrogen-bond donors (Lipinski definition) is 1. The zero-order chi connectivity index (χ0) is 17.4. The monoisotopic (exact) mass is 389 g/mol. The highest BCUT2D eigenvalue weighted by Gasteiger charge is 2.41. The number of hydrogen-bond acceptors (Lipinski definition) is 5. The van der Waals surface area contributed by atoms with E-state index in [4.69, 9.17) is 0 Å². The van der Waals surface area contributed by atoms with Crippen molar-refractivity contribution in [3.05, 3.63) is 33.9 Å². The van der Waals surface area contributed by atoms with Gasteiger partial charge in [-0.1, -0.05) is 0 Å². The van der Waals surface area contributed by atoms with E-state index in [0.29, 0.717) is 19.2 Å². The van der Waals surface area contributed by atoms with E-state index in [-0.39, 0.29) is 25.0 Å². The number of nitro groups is 1. The fraction of sp³-hybridized carbons (Fsp3) is 0.500. The summed E-state index contributed by atoms with van der Waals surface area (Å²) in [5, 5.41) is 13.6. The summed E-state index contributed by atoms with van der Waals surface area (Å²) in [6, 6.07) is 1.13. The highest BCUT2D eigenvalue weighted by atomic mass is 35.5. The third-order valence-corrected chi connectivity index (χ3v) is 5.58. The van der Waals surface area contributed by atoms with Crippen LogP contribution in [0, 0.1) is 10.1 Å². The van der Waals surface area contributed by atoms with E-state index in [9.17, 15) is 31.7 Å². The first-order chi connectivity index (χ1) is 10.5. The number of halogens is 4. The maximum absolute atomic E-state index is 13.2. The van der Waals surface area contributed by atoms with Crippen LogP contribution in [0.25, 0.3) is 0 Å². The second kappa shape index (κ2) is 7.21. The minimum atomic E-state index is -5.02. The highest BCUT2D eigenvalue weighted by molar-refractivity contribution is 7.89. The molecule has 24 heavy (non-hydrogen) atoms. The van der Waals surface area contributed by atoms with Gasteiger partial charge in [0.2, 0.25) is 10.0 Å². The maximum atomic E-state index is 13.2. The molecule has 1 aromatic rings. The second-order valence-electron chi connectivity index (χ2n) is 5.10. The molecule has 12 heteroatoms. The van der Waals surface area contributed by atoms with E-state index in [1.165, 1.54) is 0 Å². The summed E-state index contributed by atoms with van der Waals surface area (Å²) in [6.45, 7) is 2.23.